The van der Waals surface area contributed by atoms with Crippen LogP contribution in [0.15, 0.2) is 40.2 Å². The minimum atomic E-state index is 0.293. The summed E-state index contributed by atoms with van der Waals surface area (Å²) in [5.41, 5.74) is 2.64. The molecule has 1 heterocycles. The molecule has 0 spiro atoms. The molecule has 1 aromatic carbocycles. The summed E-state index contributed by atoms with van der Waals surface area (Å²) in [5.74, 6) is 0. The van der Waals surface area contributed by atoms with E-state index in [1.165, 1.54) is 19.8 Å². The van der Waals surface area contributed by atoms with Gasteiger partial charge in [0.25, 0.3) is 0 Å². The number of aryl methyl sites for hydroxylation is 1. The highest BCUT2D eigenvalue weighted by atomic mass is 79.9. The molecule has 78 valence electrons. The van der Waals surface area contributed by atoms with Crippen LogP contribution in [0.25, 0.3) is 0 Å². The molecule has 0 aliphatic heterocycles. The van der Waals surface area contributed by atoms with Gasteiger partial charge >= 0.3 is 0 Å². The zero-order valence-electron chi connectivity index (χ0n) is 8.21. The molecular formula is C12H10Br2S. The van der Waals surface area contributed by atoms with Crippen LogP contribution >= 0.6 is 43.2 Å². The number of halogens is 2. The lowest BCUT2D eigenvalue weighted by molar-refractivity contribution is 1.17. The summed E-state index contributed by atoms with van der Waals surface area (Å²) >= 11 is 9.04. The standard InChI is InChI=1S/C12H10Br2S/c1-8-10(7-11(13)15-8)12(14)9-5-3-2-4-6-9/h2-7,12H,1H3. The van der Waals surface area contributed by atoms with Gasteiger partial charge in [0.15, 0.2) is 0 Å². The van der Waals surface area contributed by atoms with Crippen molar-refractivity contribution in [1.82, 2.24) is 0 Å². The summed E-state index contributed by atoms with van der Waals surface area (Å²) < 4.78 is 1.19. The maximum Gasteiger partial charge on any atom is 0.0704 e. The van der Waals surface area contributed by atoms with Gasteiger partial charge in [-0.2, -0.15) is 0 Å². The molecule has 3 heteroatoms. The van der Waals surface area contributed by atoms with E-state index in [0.29, 0.717) is 4.83 Å². The minimum absolute atomic E-state index is 0.293. The molecule has 1 unspecified atom stereocenters. The molecule has 2 aromatic rings. The largest absolute Gasteiger partial charge is 0.133 e. The smallest absolute Gasteiger partial charge is 0.0704 e. The molecule has 2 rings (SSSR count). The first kappa shape index (κ1) is 11.4. The van der Waals surface area contributed by atoms with Crippen LogP contribution in [0.2, 0.25) is 0 Å². The van der Waals surface area contributed by atoms with E-state index in [1.54, 1.807) is 11.3 Å². The van der Waals surface area contributed by atoms with E-state index in [2.05, 4.69) is 69.1 Å². The average molecular weight is 346 g/mol. The Morgan fingerprint density at radius 1 is 1.20 bits per heavy atom. The van der Waals surface area contributed by atoms with E-state index < -0.39 is 0 Å². The maximum atomic E-state index is 3.74. The number of hydrogen-bond donors (Lipinski definition) is 0. The predicted octanol–water partition coefficient (Wildman–Crippen LogP) is 5.30. The molecule has 0 aliphatic carbocycles. The first-order valence-electron chi connectivity index (χ1n) is 4.63. The number of thiophene rings is 1. The van der Waals surface area contributed by atoms with Gasteiger partial charge in [-0.1, -0.05) is 46.3 Å². The third-order valence-electron chi connectivity index (χ3n) is 2.29. The quantitative estimate of drug-likeness (QED) is 0.647. The Morgan fingerprint density at radius 2 is 1.87 bits per heavy atom. The van der Waals surface area contributed by atoms with Gasteiger partial charge in [0.1, 0.15) is 0 Å². The van der Waals surface area contributed by atoms with Crippen molar-refractivity contribution in [2.75, 3.05) is 0 Å². The first-order chi connectivity index (χ1) is 7.18. The molecule has 1 aromatic heterocycles. The third-order valence-corrected chi connectivity index (χ3v) is 4.88. The molecule has 0 nitrogen and oxygen atoms in total. The van der Waals surface area contributed by atoms with Crippen molar-refractivity contribution < 1.29 is 0 Å². The van der Waals surface area contributed by atoms with Crippen molar-refractivity contribution in [2.24, 2.45) is 0 Å². The Labute approximate surface area is 111 Å². The van der Waals surface area contributed by atoms with Crippen molar-refractivity contribution >= 4 is 43.2 Å². The fourth-order valence-corrected chi connectivity index (χ4v) is 4.19. The summed E-state index contributed by atoms with van der Waals surface area (Å²) in [6.45, 7) is 2.15. The maximum absolute atomic E-state index is 3.74. The molecular weight excluding hydrogens is 336 g/mol. The van der Waals surface area contributed by atoms with E-state index >= 15 is 0 Å². The molecule has 0 saturated carbocycles. The van der Waals surface area contributed by atoms with E-state index in [1.807, 2.05) is 6.07 Å². The van der Waals surface area contributed by atoms with Crippen LogP contribution < -0.4 is 0 Å². The van der Waals surface area contributed by atoms with Gasteiger partial charge in [0, 0.05) is 4.88 Å². The van der Waals surface area contributed by atoms with Crippen LogP contribution in [0, 0.1) is 6.92 Å². The Hall–Kier alpha value is -0.120. The molecule has 1 atom stereocenters. The minimum Gasteiger partial charge on any atom is -0.133 e. The Morgan fingerprint density at radius 3 is 2.40 bits per heavy atom. The van der Waals surface area contributed by atoms with Crippen LogP contribution in [-0.4, -0.2) is 0 Å². The summed E-state index contributed by atoms with van der Waals surface area (Å²) in [5, 5.41) is 0. The van der Waals surface area contributed by atoms with Gasteiger partial charge in [-0.05, 0) is 40.0 Å². The zero-order chi connectivity index (χ0) is 10.8. The third kappa shape index (κ3) is 2.52. The highest BCUT2D eigenvalue weighted by Gasteiger charge is 2.14. The Kier molecular flexibility index (Phi) is 3.65. The first-order valence-corrected chi connectivity index (χ1v) is 7.16. The van der Waals surface area contributed by atoms with Crippen LogP contribution in [0.5, 0.6) is 0 Å². The normalized spacial score (nSPS) is 12.7. The lowest BCUT2D eigenvalue weighted by Gasteiger charge is -2.09. The topological polar surface area (TPSA) is 0 Å². The van der Waals surface area contributed by atoms with Crippen molar-refractivity contribution in [2.45, 2.75) is 11.8 Å². The fourth-order valence-electron chi connectivity index (χ4n) is 1.51. The second kappa shape index (κ2) is 4.81. The van der Waals surface area contributed by atoms with Gasteiger partial charge < -0.3 is 0 Å². The molecule has 15 heavy (non-hydrogen) atoms. The number of benzene rings is 1. The summed E-state index contributed by atoms with van der Waals surface area (Å²) in [4.78, 5) is 1.65. The summed E-state index contributed by atoms with van der Waals surface area (Å²) in [6.07, 6.45) is 0. The predicted molar refractivity (Wildman–Crippen MR) is 74.0 cm³/mol. The number of alkyl halides is 1. The molecule has 0 radical (unpaired) electrons. The zero-order valence-corrected chi connectivity index (χ0v) is 12.2. The summed E-state index contributed by atoms with van der Waals surface area (Å²) in [6, 6.07) is 12.7. The van der Waals surface area contributed by atoms with Gasteiger partial charge in [-0.15, -0.1) is 11.3 Å². The molecule has 0 aliphatic rings. The van der Waals surface area contributed by atoms with Crippen LogP contribution in [0.4, 0.5) is 0 Å². The van der Waals surface area contributed by atoms with Crippen LogP contribution in [-0.2, 0) is 0 Å². The Bertz CT molecular complexity index is 448. The van der Waals surface area contributed by atoms with E-state index in [9.17, 15) is 0 Å². The lowest BCUT2D eigenvalue weighted by Crippen LogP contribution is -1.91. The van der Waals surface area contributed by atoms with Crippen LogP contribution in [0.1, 0.15) is 20.8 Å². The van der Waals surface area contributed by atoms with E-state index in [4.69, 9.17) is 0 Å². The molecule has 0 fully saturated rings. The second-order valence-corrected chi connectivity index (χ2v) is 6.89. The molecule has 0 N–H and O–H groups in total. The van der Waals surface area contributed by atoms with Gasteiger partial charge in [-0.25, -0.2) is 0 Å². The molecule has 0 saturated heterocycles. The average Bonchev–Trinajstić information content (AvgIpc) is 2.58. The van der Waals surface area contributed by atoms with Gasteiger partial charge in [0.2, 0.25) is 0 Å². The summed E-state index contributed by atoms with van der Waals surface area (Å²) in [7, 11) is 0. The SMILES string of the molecule is Cc1sc(Br)cc1C(Br)c1ccccc1. The Balaban J connectivity index is 2.36. The molecule has 0 bridgehead atoms. The fraction of sp³-hybridized carbons (Fsp3) is 0.167. The second-order valence-electron chi connectivity index (χ2n) is 3.34. The van der Waals surface area contributed by atoms with Crippen molar-refractivity contribution in [3.8, 4) is 0 Å². The van der Waals surface area contributed by atoms with Crippen molar-refractivity contribution in [3.63, 3.8) is 0 Å². The van der Waals surface area contributed by atoms with Gasteiger partial charge in [-0.3, -0.25) is 0 Å². The van der Waals surface area contributed by atoms with Crippen molar-refractivity contribution in [3.05, 3.63) is 56.2 Å². The number of hydrogen-bond acceptors (Lipinski definition) is 1. The highest BCUT2D eigenvalue weighted by molar-refractivity contribution is 9.11. The van der Waals surface area contributed by atoms with E-state index in [0.717, 1.165) is 0 Å². The van der Waals surface area contributed by atoms with Crippen molar-refractivity contribution in [1.29, 1.82) is 0 Å². The van der Waals surface area contributed by atoms with Gasteiger partial charge in [0.05, 0.1) is 8.61 Å². The lowest BCUT2D eigenvalue weighted by atomic mass is 10.1. The highest BCUT2D eigenvalue weighted by Crippen LogP contribution is 2.38. The molecule has 0 amide bonds. The number of rotatable bonds is 2. The monoisotopic (exact) mass is 344 g/mol. The van der Waals surface area contributed by atoms with E-state index in [-0.39, 0.29) is 0 Å². The van der Waals surface area contributed by atoms with Crippen LogP contribution in [0.3, 0.4) is 0 Å².